The molecule has 0 bridgehead atoms. The standard InChI is InChI=1S/C9H10N2O2/c1-13-9(12)11-6-4-8-3-2-5-10-7-8/h2-7H,1H3,(H,11,12)/b6-4+. The molecule has 0 atom stereocenters. The zero-order chi connectivity index (χ0) is 9.52. The molecule has 4 heteroatoms. The van der Waals surface area contributed by atoms with Crippen molar-refractivity contribution < 1.29 is 9.53 Å². The number of alkyl carbamates (subject to hydrolysis) is 1. The van der Waals surface area contributed by atoms with Crippen molar-refractivity contribution in [2.24, 2.45) is 0 Å². The van der Waals surface area contributed by atoms with Crippen LogP contribution in [-0.4, -0.2) is 18.2 Å². The van der Waals surface area contributed by atoms with Crippen LogP contribution in [0.15, 0.2) is 30.7 Å². The number of hydrogen-bond acceptors (Lipinski definition) is 3. The molecule has 1 amide bonds. The van der Waals surface area contributed by atoms with Gasteiger partial charge in [-0.2, -0.15) is 0 Å². The van der Waals surface area contributed by atoms with Gasteiger partial charge in [0.1, 0.15) is 0 Å². The first kappa shape index (κ1) is 9.25. The molecular formula is C9H10N2O2. The van der Waals surface area contributed by atoms with E-state index in [-0.39, 0.29) is 0 Å². The third kappa shape index (κ3) is 3.37. The molecule has 0 unspecified atom stereocenters. The molecule has 0 aliphatic rings. The fraction of sp³-hybridized carbons (Fsp3) is 0.111. The largest absolute Gasteiger partial charge is 0.453 e. The van der Waals surface area contributed by atoms with Crippen LogP contribution >= 0.6 is 0 Å². The summed E-state index contributed by atoms with van der Waals surface area (Å²) in [6.07, 6.45) is 6.12. The van der Waals surface area contributed by atoms with E-state index in [1.165, 1.54) is 13.3 Å². The molecule has 1 aromatic heterocycles. The van der Waals surface area contributed by atoms with Crippen LogP contribution in [-0.2, 0) is 4.74 Å². The number of methoxy groups -OCH3 is 1. The van der Waals surface area contributed by atoms with Gasteiger partial charge in [0.05, 0.1) is 7.11 Å². The lowest BCUT2D eigenvalue weighted by atomic mass is 10.3. The first-order valence-corrected chi connectivity index (χ1v) is 3.74. The molecule has 0 spiro atoms. The van der Waals surface area contributed by atoms with Gasteiger partial charge in [-0.25, -0.2) is 4.79 Å². The molecule has 0 aliphatic carbocycles. The normalized spacial score (nSPS) is 9.92. The lowest BCUT2D eigenvalue weighted by Crippen LogP contribution is -2.15. The third-order valence-electron chi connectivity index (χ3n) is 1.35. The van der Waals surface area contributed by atoms with Crippen LogP contribution in [0.25, 0.3) is 6.08 Å². The highest BCUT2D eigenvalue weighted by molar-refractivity contribution is 5.69. The number of nitrogens with one attached hydrogen (secondary N) is 1. The summed E-state index contributed by atoms with van der Waals surface area (Å²) in [7, 11) is 1.31. The minimum atomic E-state index is -0.486. The summed E-state index contributed by atoms with van der Waals surface area (Å²) in [6, 6.07) is 3.69. The highest BCUT2D eigenvalue weighted by Crippen LogP contribution is 1.96. The molecule has 0 saturated heterocycles. The van der Waals surface area contributed by atoms with Gasteiger partial charge in [-0.15, -0.1) is 0 Å². The van der Waals surface area contributed by atoms with Crippen LogP contribution in [0.4, 0.5) is 4.79 Å². The van der Waals surface area contributed by atoms with Gasteiger partial charge < -0.3 is 4.74 Å². The number of ether oxygens (including phenoxy) is 1. The zero-order valence-corrected chi connectivity index (χ0v) is 7.23. The van der Waals surface area contributed by atoms with Gasteiger partial charge in [0.15, 0.2) is 0 Å². The maximum absolute atomic E-state index is 10.6. The average Bonchev–Trinajstić information content (AvgIpc) is 2.19. The summed E-state index contributed by atoms with van der Waals surface area (Å²) >= 11 is 0. The predicted octanol–water partition coefficient (Wildman–Crippen LogP) is 1.41. The van der Waals surface area contributed by atoms with Crippen molar-refractivity contribution in [1.82, 2.24) is 10.3 Å². The second-order valence-electron chi connectivity index (χ2n) is 2.26. The van der Waals surface area contributed by atoms with Crippen molar-refractivity contribution in [3.63, 3.8) is 0 Å². The first-order valence-electron chi connectivity index (χ1n) is 3.74. The fourth-order valence-corrected chi connectivity index (χ4v) is 0.739. The monoisotopic (exact) mass is 178 g/mol. The second-order valence-corrected chi connectivity index (χ2v) is 2.26. The molecule has 0 fully saturated rings. The number of rotatable bonds is 2. The van der Waals surface area contributed by atoms with Crippen LogP contribution in [0.1, 0.15) is 5.56 Å². The Hall–Kier alpha value is -1.84. The third-order valence-corrected chi connectivity index (χ3v) is 1.35. The zero-order valence-electron chi connectivity index (χ0n) is 7.23. The number of pyridine rings is 1. The summed E-state index contributed by atoms with van der Waals surface area (Å²) in [5.74, 6) is 0. The SMILES string of the molecule is COC(=O)N/C=C/c1cccnc1. The van der Waals surface area contributed by atoms with E-state index in [1.54, 1.807) is 18.5 Å². The summed E-state index contributed by atoms with van der Waals surface area (Å²) in [5.41, 5.74) is 0.916. The van der Waals surface area contributed by atoms with Crippen molar-refractivity contribution >= 4 is 12.2 Å². The minimum Gasteiger partial charge on any atom is -0.453 e. The van der Waals surface area contributed by atoms with E-state index in [2.05, 4.69) is 15.0 Å². The molecule has 1 aromatic rings. The highest BCUT2D eigenvalue weighted by atomic mass is 16.5. The number of carbonyl (C=O) groups excluding carboxylic acids is 1. The summed E-state index contributed by atoms with van der Waals surface area (Å²) in [5, 5.41) is 2.41. The molecule has 1 rings (SSSR count). The summed E-state index contributed by atoms with van der Waals surface area (Å²) in [6.45, 7) is 0. The molecular weight excluding hydrogens is 168 g/mol. The maximum atomic E-state index is 10.6. The quantitative estimate of drug-likeness (QED) is 0.744. The van der Waals surface area contributed by atoms with E-state index in [4.69, 9.17) is 0 Å². The van der Waals surface area contributed by atoms with E-state index in [0.29, 0.717) is 0 Å². The first-order chi connectivity index (χ1) is 6.33. The van der Waals surface area contributed by atoms with E-state index in [0.717, 1.165) is 5.56 Å². The average molecular weight is 178 g/mol. The number of carbonyl (C=O) groups is 1. The Morgan fingerprint density at radius 3 is 3.15 bits per heavy atom. The molecule has 0 radical (unpaired) electrons. The van der Waals surface area contributed by atoms with Crippen LogP contribution < -0.4 is 5.32 Å². The predicted molar refractivity (Wildman–Crippen MR) is 48.8 cm³/mol. The van der Waals surface area contributed by atoms with Gasteiger partial charge in [0, 0.05) is 18.6 Å². The molecule has 0 saturated carbocycles. The molecule has 13 heavy (non-hydrogen) atoms. The van der Waals surface area contributed by atoms with Crippen molar-refractivity contribution in [1.29, 1.82) is 0 Å². The number of nitrogens with zero attached hydrogens (tertiary/aromatic N) is 1. The Kier molecular flexibility index (Phi) is 3.50. The minimum absolute atomic E-state index is 0.486. The molecule has 68 valence electrons. The van der Waals surface area contributed by atoms with Gasteiger partial charge in [-0.05, 0) is 17.7 Å². The lowest BCUT2D eigenvalue weighted by Gasteiger charge is -1.95. The van der Waals surface area contributed by atoms with Crippen molar-refractivity contribution in [3.05, 3.63) is 36.3 Å². The smallest absolute Gasteiger partial charge is 0.410 e. The van der Waals surface area contributed by atoms with Gasteiger partial charge in [0.2, 0.25) is 0 Å². The van der Waals surface area contributed by atoms with E-state index < -0.39 is 6.09 Å². The topological polar surface area (TPSA) is 51.2 Å². The molecule has 0 aliphatic heterocycles. The maximum Gasteiger partial charge on any atom is 0.410 e. The van der Waals surface area contributed by atoms with Crippen molar-refractivity contribution in [3.8, 4) is 0 Å². The fourth-order valence-electron chi connectivity index (χ4n) is 0.739. The van der Waals surface area contributed by atoms with Crippen LogP contribution in [0.3, 0.4) is 0 Å². The molecule has 1 heterocycles. The Balaban J connectivity index is 2.45. The highest BCUT2D eigenvalue weighted by Gasteiger charge is 1.90. The van der Waals surface area contributed by atoms with E-state index >= 15 is 0 Å². The van der Waals surface area contributed by atoms with Crippen LogP contribution in [0, 0.1) is 0 Å². The Morgan fingerprint density at radius 1 is 1.69 bits per heavy atom. The van der Waals surface area contributed by atoms with Gasteiger partial charge in [-0.1, -0.05) is 6.07 Å². The van der Waals surface area contributed by atoms with Crippen LogP contribution in [0.2, 0.25) is 0 Å². The summed E-state index contributed by atoms with van der Waals surface area (Å²) in [4.78, 5) is 14.5. The Labute approximate surface area is 76.2 Å². The van der Waals surface area contributed by atoms with E-state index in [1.807, 2.05) is 12.1 Å². The van der Waals surface area contributed by atoms with Gasteiger partial charge in [-0.3, -0.25) is 10.3 Å². The van der Waals surface area contributed by atoms with Gasteiger partial charge in [0.25, 0.3) is 0 Å². The number of hydrogen-bond donors (Lipinski definition) is 1. The van der Waals surface area contributed by atoms with Gasteiger partial charge >= 0.3 is 6.09 Å². The number of aromatic nitrogens is 1. The molecule has 4 nitrogen and oxygen atoms in total. The number of amides is 1. The van der Waals surface area contributed by atoms with E-state index in [9.17, 15) is 4.79 Å². The molecule has 1 N–H and O–H groups in total. The Morgan fingerprint density at radius 2 is 2.54 bits per heavy atom. The van der Waals surface area contributed by atoms with Crippen molar-refractivity contribution in [2.75, 3.05) is 7.11 Å². The Bertz CT molecular complexity index is 296. The second kappa shape index (κ2) is 4.92. The van der Waals surface area contributed by atoms with Crippen molar-refractivity contribution in [2.45, 2.75) is 0 Å². The summed E-state index contributed by atoms with van der Waals surface area (Å²) < 4.78 is 4.37. The lowest BCUT2D eigenvalue weighted by molar-refractivity contribution is 0.175. The van der Waals surface area contributed by atoms with Crippen LogP contribution in [0.5, 0.6) is 0 Å². The molecule has 0 aromatic carbocycles.